The largest absolute Gasteiger partial charge is 0.462 e. The zero-order chi connectivity index (χ0) is 44.9. The molecule has 0 saturated carbocycles. The second-order valence-electron chi connectivity index (χ2n) is 16.7. The minimum absolute atomic E-state index is 0.0585. The van der Waals surface area contributed by atoms with Crippen LogP contribution in [-0.2, 0) is 23.8 Å². The lowest BCUT2D eigenvalue weighted by molar-refractivity contribution is -0.163. The van der Waals surface area contributed by atoms with E-state index < -0.39 is 6.10 Å². The van der Waals surface area contributed by atoms with Crippen LogP contribution in [0, 0.1) is 0 Å². The molecular formula is C57H96O5. The first kappa shape index (κ1) is 58.8. The molecule has 5 nitrogen and oxygen atoms in total. The van der Waals surface area contributed by atoms with Crippen LogP contribution in [0.15, 0.2) is 97.2 Å². The predicted molar refractivity (Wildman–Crippen MR) is 270 cm³/mol. The SMILES string of the molecule is CC/C=C\C/C=C\C/C=C\CCCCCCOCC(COC(=O)CCCCCCCC/C=C\C/C=C\C/C=C\CCCCC)OC(=O)CCCCCCC/C=C\C/C=C\CCC. The molecule has 0 aliphatic heterocycles. The molecule has 0 aromatic heterocycles. The highest BCUT2D eigenvalue weighted by Crippen LogP contribution is 2.13. The third-order valence-corrected chi connectivity index (χ3v) is 10.6. The Balaban J connectivity index is 4.34. The maximum absolute atomic E-state index is 12.8. The Labute approximate surface area is 383 Å². The standard InChI is InChI=1S/C57H96O5/c1-4-7-10-13-16-19-22-25-27-28-29-30-31-33-35-38-41-44-47-50-56(58)61-54-55(53-60-52-49-46-43-40-37-34-26-23-20-17-14-11-8-5-2)62-57(59)51-48-45-42-39-36-32-24-21-18-15-12-9-6-3/h8,11-12,15-17,19-21,24-27,29-30,34,55H,4-7,9-10,13-14,18,22-23,28,31-33,35-54H2,1-3H3/b11-8-,15-12-,19-16-,20-17-,24-21-,27-25-,30-29-,34-26-. The van der Waals surface area contributed by atoms with Gasteiger partial charge in [-0.3, -0.25) is 9.59 Å². The van der Waals surface area contributed by atoms with Crippen molar-refractivity contribution in [3.63, 3.8) is 0 Å². The molecule has 62 heavy (non-hydrogen) atoms. The average Bonchev–Trinajstić information content (AvgIpc) is 3.27. The van der Waals surface area contributed by atoms with Crippen molar-refractivity contribution in [1.82, 2.24) is 0 Å². The fourth-order valence-corrected chi connectivity index (χ4v) is 6.74. The van der Waals surface area contributed by atoms with E-state index in [1.165, 1.54) is 77.0 Å². The van der Waals surface area contributed by atoms with E-state index in [0.717, 1.165) is 116 Å². The van der Waals surface area contributed by atoms with Crippen molar-refractivity contribution in [1.29, 1.82) is 0 Å². The van der Waals surface area contributed by atoms with Gasteiger partial charge in [0.25, 0.3) is 0 Å². The Hall–Kier alpha value is -3.18. The Bertz CT molecular complexity index is 1200. The van der Waals surface area contributed by atoms with E-state index in [1.807, 2.05) is 0 Å². The first-order valence-electron chi connectivity index (χ1n) is 25.8. The molecule has 354 valence electrons. The van der Waals surface area contributed by atoms with E-state index in [9.17, 15) is 9.59 Å². The van der Waals surface area contributed by atoms with Crippen molar-refractivity contribution in [2.75, 3.05) is 19.8 Å². The Morgan fingerprint density at radius 2 is 0.758 bits per heavy atom. The fourth-order valence-electron chi connectivity index (χ4n) is 6.74. The Morgan fingerprint density at radius 3 is 1.23 bits per heavy atom. The van der Waals surface area contributed by atoms with Crippen molar-refractivity contribution in [2.24, 2.45) is 0 Å². The third kappa shape index (κ3) is 49.5. The predicted octanol–water partition coefficient (Wildman–Crippen LogP) is 17.5. The molecule has 0 aromatic rings. The Morgan fingerprint density at radius 1 is 0.371 bits per heavy atom. The summed E-state index contributed by atoms with van der Waals surface area (Å²) >= 11 is 0. The van der Waals surface area contributed by atoms with Crippen LogP contribution < -0.4 is 0 Å². The molecule has 0 bridgehead atoms. The zero-order valence-electron chi connectivity index (χ0n) is 40.6. The summed E-state index contributed by atoms with van der Waals surface area (Å²) in [6.07, 6.45) is 69.8. The Kier molecular flexibility index (Phi) is 49.5. The lowest BCUT2D eigenvalue weighted by Gasteiger charge is -2.18. The van der Waals surface area contributed by atoms with Crippen LogP contribution in [0.25, 0.3) is 0 Å². The number of hydrogen-bond donors (Lipinski definition) is 0. The minimum atomic E-state index is -0.566. The van der Waals surface area contributed by atoms with Crippen LogP contribution >= 0.6 is 0 Å². The summed E-state index contributed by atoms with van der Waals surface area (Å²) in [6, 6.07) is 0. The molecule has 1 atom stereocenters. The summed E-state index contributed by atoms with van der Waals surface area (Å²) in [5.74, 6) is -0.445. The minimum Gasteiger partial charge on any atom is -0.462 e. The van der Waals surface area contributed by atoms with Gasteiger partial charge < -0.3 is 14.2 Å². The molecule has 0 spiro atoms. The number of allylic oxidation sites excluding steroid dienone is 16. The van der Waals surface area contributed by atoms with Gasteiger partial charge in [-0.25, -0.2) is 0 Å². The second-order valence-corrected chi connectivity index (χ2v) is 16.7. The lowest BCUT2D eigenvalue weighted by atomic mass is 10.1. The van der Waals surface area contributed by atoms with Gasteiger partial charge in [0, 0.05) is 19.4 Å². The van der Waals surface area contributed by atoms with Crippen LogP contribution in [0.2, 0.25) is 0 Å². The van der Waals surface area contributed by atoms with Gasteiger partial charge in [-0.1, -0.05) is 195 Å². The molecule has 0 rings (SSSR count). The van der Waals surface area contributed by atoms with Gasteiger partial charge in [-0.2, -0.15) is 0 Å². The molecule has 0 N–H and O–H groups in total. The van der Waals surface area contributed by atoms with Gasteiger partial charge in [-0.15, -0.1) is 0 Å². The molecule has 0 aliphatic carbocycles. The van der Waals surface area contributed by atoms with Gasteiger partial charge in [0.15, 0.2) is 6.10 Å². The van der Waals surface area contributed by atoms with Crippen molar-refractivity contribution >= 4 is 11.9 Å². The number of ether oxygens (including phenoxy) is 3. The highest BCUT2D eigenvalue weighted by molar-refractivity contribution is 5.70. The first-order chi connectivity index (χ1) is 30.6. The van der Waals surface area contributed by atoms with Crippen molar-refractivity contribution in [3.8, 4) is 0 Å². The van der Waals surface area contributed by atoms with Crippen LogP contribution in [0.1, 0.15) is 226 Å². The maximum atomic E-state index is 12.8. The van der Waals surface area contributed by atoms with Gasteiger partial charge in [0.05, 0.1) is 6.61 Å². The van der Waals surface area contributed by atoms with Crippen LogP contribution in [-0.4, -0.2) is 37.9 Å². The molecule has 0 aromatic carbocycles. The van der Waals surface area contributed by atoms with Crippen molar-refractivity contribution < 1.29 is 23.8 Å². The number of carbonyl (C=O) groups excluding carboxylic acids is 2. The zero-order valence-corrected chi connectivity index (χ0v) is 40.6. The molecule has 0 fully saturated rings. The van der Waals surface area contributed by atoms with Crippen molar-refractivity contribution in [3.05, 3.63) is 97.2 Å². The van der Waals surface area contributed by atoms with Crippen LogP contribution in [0.4, 0.5) is 0 Å². The van der Waals surface area contributed by atoms with E-state index in [1.54, 1.807) is 0 Å². The highest BCUT2D eigenvalue weighted by atomic mass is 16.6. The fraction of sp³-hybridized carbons (Fsp3) is 0.684. The average molecular weight is 861 g/mol. The maximum Gasteiger partial charge on any atom is 0.306 e. The van der Waals surface area contributed by atoms with Gasteiger partial charge in [0.1, 0.15) is 6.61 Å². The molecule has 5 heteroatoms. The topological polar surface area (TPSA) is 61.8 Å². The summed E-state index contributed by atoms with van der Waals surface area (Å²) in [4.78, 5) is 25.4. The highest BCUT2D eigenvalue weighted by Gasteiger charge is 2.17. The van der Waals surface area contributed by atoms with Crippen LogP contribution in [0.5, 0.6) is 0 Å². The molecule has 0 saturated heterocycles. The quantitative estimate of drug-likeness (QED) is 0.0347. The van der Waals surface area contributed by atoms with E-state index in [2.05, 4.69) is 118 Å². The second kappa shape index (κ2) is 52.2. The van der Waals surface area contributed by atoms with E-state index >= 15 is 0 Å². The smallest absolute Gasteiger partial charge is 0.306 e. The normalized spacial score (nSPS) is 13.0. The summed E-state index contributed by atoms with van der Waals surface area (Å²) in [5.41, 5.74) is 0. The number of carbonyl (C=O) groups is 2. The molecule has 1 unspecified atom stereocenters. The first-order valence-corrected chi connectivity index (χ1v) is 25.8. The van der Waals surface area contributed by atoms with E-state index in [-0.39, 0.29) is 25.2 Å². The van der Waals surface area contributed by atoms with E-state index in [0.29, 0.717) is 19.4 Å². The van der Waals surface area contributed by atoms with Gasteiger partial charge in [0.2, 0.25) is 0 Å². The molecule has 0 heterocycles. The molecule has 0 aliphatic rings. The van der Waals surface area contributed by atoms with Gasteiger partial charge >= 0.3 is 11.9 Å². The lowest BCUT2D eigenvalue weighted by Crippen LogP contribution is -2.30. The van der Waals surface area contributed by atoms with Gasteiger partial charge in [-0.05, 0) is 116 Å². The summed E-state index contributed by atoms with van der Waals surface area (Å²) in [6.45, 7) is 7.54. The molecular weight excluding hydrogens is 765 g/mol. The summed E-state index contributed by atoms with van der Waals surface area (Å²) in [7, 11) is 0. The summed E-state index contributed by atoms with van der Waals surface area (Å²) < 4.78 is 17.4. The number of esters is 2. The van der Waals surface area contributed by atoms with Crippen LogP contribution in [0.3, 0.4) is 0 Å². The van der Waals surface area contributed by atoms with E-state index in [4.69, 9.17) is 14.2 Å². The number of hydrogen-bond acceptors (Lipinski definition) is 5. The third-order valence-electron chi connectivity index (χ3n) is 10.6. The molecule has 0 radical (unpaired) electrons. The number of unbranched alkanes of at least 4 members (excludes halogenated alkanes) is 19. The summed E-state index contributed by atoms with van der Waals surface area (Å²) in [5, 5.41) is 0. The monoisotopic (exact) mass is 861 g/mol. The number of rotatable bonds is 46. The molecule has 0 amide bonds. The van der Waals surface area contributed by atoms with Crippen molar-refractivity contribution in [2.45, 2.75) is 232 Å².